The van der Waals surface area contributed by atoms with Gasteiger partial charge in [-0.2, -0.15) is 0 Å². The fourth-order valence-corrected chi connectivity index (χ4v) is 2.07. The average Bonchev–Trinajstić information content (AvgIpc) is 2.28. The third-order valence-electron chi connectivity index (χ3n) is 3.09. The largest absolute Gasteiger partial charge is 0.324 e. The second-order valence-corrected chi connectivity index (χ2v) is 4.66. The summed E-state index contributed by atoms with van der Waals surface area (Å²) in [7, 11) is 0. The second-order valence-electron chi connectivity index (χ2n) is 4.66. The van der Waals surface area contributed by atoms with E-state index in [0.717, 1.165) is 24.2 Å². The maximum absolute atomic E-state index is 6.20. The van der Waals surface area contributed by atoms with Crippen molar-refractivity contribution >= 4 is 0 Å². The summed E-state index contributed by atoms with van der Waals surface area (Å²) in [6, 6.07) is 4.29. The van der Waals surface area contributed by atoms with Gasteiger partial charge in [-0.3, -0.25) is 4.98 Å². The van der Waals surface area contributed by atoms with Crippen LogP contribution in [0.2, 0.25) is 0 Å². The minimum absolute atomic E-state index is 0.131. The molecule has 1 heterocycles. The van der Waals surface area contributed by atoms with Crippen LogP contribution < -0.4 is 5.73 Å². The smallest absolute Gasteiger partial charge is 0.0423 e. The molecule has 17 heavy (non-hydrogen) atoms. The first-order valence-corrected chi connectivity index (χ1v) is 6.45. The summed E-state index contributed by atoms with van der Waals surface area (Å²) in [5.41, 5.74) is 9.53. The first-order valence-electron chi connectivity index (χ1n) is 6.45. The molecule has 0 fully saturated rings. The van der Waals surface area contributed by atoms with Gasteiger partial charge in [-0.15, -0.1) is 6.58 Å². The standard InChI is InChI=1S/C15H24N2/c1-4-5-6-7-8-9-15(16)14-11-10-12(2)17-13(14)3/h4,10-11,15H,1,5-9,16H2,2-3H3. The molecule has 1 aromatic rings. The lowest BCUT2D eigenvalue weighted by Gasteiger charge is -2.14. The lowest BCUT2D eigenvalue weighted by atomic mass is 9.99. The highest BCUT2D eigenvalue weighted by Gasteiger charge is 2.09. The van der Waals surface area contributed by atoms with E-state index >= 15 is 0 Å². The predicted molar refractivity (Wildman–Crippen MR) is 73.9 cm³/mol. The van der Waals surface area contributed by atoms with Crippen LogP contribution in [0.1, 0.15) is 55.1 Å². The lowest BCUT2D eigenvalue weighted by molar-refractivity contribution is 0.569. The van der Waals surface area contributed by atoms with E-state index in [1.807, 2.05) is 26.0 Å². The van der Waals surface area contributed by atoms with Crippen LogP contribution in [-0.2, 0) is 0 Å². The zero-order chi connectivity index (χ0) is 12.7. The molecular formula is C15H24N2. The van der Waals surface area contributed by atoms with Crippen molar-refractivity contribution in [3.8, 4) is 0 Å². The van der Waals surface area contributed by atoms with E-state index in [2.05, 4.69) is 17.6 Å². The van der Waals surface area contributed by atoms with Gasteiger partial charge in [0.2, 0.25) is 0 Å². The van der Waals surface area contributed by atoms with Crippen molar-refractivity contribution in [3.63, 3.8) is 0 Å². The van der Waals surface area contributed by atoms with Crippen LogP contribution in [0, 0.1) is 13.8 Å². The topological polar surface area (TPSA) is 38.9 Å². The number of nitrogens with two attached hydrogens (primary N) is 1. The van der Waals surface area contributed by atoms with Crippen molar-refractivity contribution < 1.29 is 0 Å². The Bertz CT molecular complexity index is 358. The van der Waals surface area contributed by atoms with Crippen LogP contribution in [0.3, 0.4) is 0 Å². The monoisotopic (exact) mass is 232 g/mol. The molecule has 2 heteroatoms. The summed E-state index contributed by atoms with van der Waals surface area (Å²) in [6.07, 6.45) is 7.78. The number of aromatic nitrogens is 1. The van der Waals surface area contributed by atoms with Gasteiger partial charge in [-0.1, -0.05) is 25.0 Å². The molecule has 1 atom stereocenters. The molecular weight excluding hydrogens is 208 g/mol. The van der Waals surface area contributed by atoms with Crippen molar-refractivity contribution in [1.82, 2.24) is 4.98 Å². The molecule has 0 aromatic carbocycles. The second kappa shape index (κ2) is 7.23. The van der Waals surface area contributed by atoms with Crippen LogP contribution in [0.15, 0.2) is 24.8 Å². The Morgan fingerprint density at radius 2 is 2.06 bits per heavy atom. The highest BCUT2D eigenvalue weighted by molar-refractivity contribution is 5.24. The van der Waals surface area contributed by atoms with E-state index in [0.29, 0.717) is 0 Å². The summed E-state index contributed by atoms with van der Waals surface area (Å²) in [4.78, 5) is 4.46. The summed E-state index contributed by atoms with van der Waals surface area (Å²) < 4.78 is 0. The molecule has 0 saturated heterocycles. The van der Waals surface area contributed by atoms with E-state index in [1.54, 1.807) is 0 Å². The maximum Gasteiger partial charge on any atom is 0.0423 e. The summed E-state index contributed by atoms with van der Waals surface area (Å²) in [5.74, 6) is 0. The number of hydrogen-bond donors (Lipinski definition) is 1. The summed E-state index contributed by atoms with van der Waals surface area (Å²) in [5, 5.41) is 0. The minimum Gasteiger partial charge on any atom is -0.324 e. The summed E-state index contributed by atoms with van der Waals surface area (Å²) >= 11 is 0. The van der Waals surface area contributed by atoms with Crippen molar-refractivity contribution in [2.75, 3.05) is 0 Å². The number of aryl methyl sites for hydroxylation is 2. The first kappa shape index (κ1) is 13.9. The van der Waals surface area contributed by atoms with Crippen molar-refractivity contribution in [2.45, 2.75) is 52.0 Å². The van der Waals surface area contributed by atoms with Crippen LogP contribution in [0.25, 0.3) is 0 Å². The zero-order valence-corrected chi connectivity index (χ0v) is 11.1. The number of hydrogen-bond acceptors (Lipinski definition) is 2. The Morgan fingerprint density at radius 3 is 2.71 bits per heavy atom. The zero-order valence-electron chi connectivity index (χ0n) is 11.1. The van der Waals surface area contributed by atoms with E-state index < -0.39 is 0 Å². The molecule has 0 aliphatic carbocycles. The number of pyridine rings is 1. The predicted octanol–water partition coefficient (Wildman–Crippen LogP) is 3.83. The SMILES string of the molecule is C=CCCCCCC(N)c1ccc(C)nc1C. The average molecular weight is 232 g/mol. The lowest BCUT2D eigenvalue weighted by Crippen LogP contribution is -2.12. The molecule has 1 unspecified atom stereocenters. The van der Waals surface area contributed by atoms with Gasteiger partial charge < -0.3 is 5.73 Å². The molecule has 1 aromatic heterocycles. The molecule has 1 rings (SSSR count). The molecule has 0 radical (unpaired) electrons. The van der Waals surface area contributed by atoms with Gasteiger partial charge in [-0.25, -0.2) is 0 Å². The molecule has 0 spiro atoms. The third kappa shape index (κ3) is 4.70. The number of unbranched alkanes of at least 4 members (excludes halogenated alkanes) is 3. The maximum atomic E-state index is 6.20. The number of rotatable bonds is 7. The van der Waals surface area contributed by atoms with Gasteiger partial charge in [0, 0.05) is 17.4 Å². The Labute approximate surface area is 105 Å². The molecule has 0 saturated carbocycles. The van der Waals surface area contributed by atoms with Gasteiger partial charge >= 0.3 is 0 Å². The van der Waals surface area contributed by atoms with Crippen molar-refractivity contribution in [3.05, 3.63) is 41.7 Å². The van der Waals surface area contributed by atoms with Gasteiger partial charge in [-0.05, 0) is 44.7 Å². The molecule has 2 N–H and O–H groups in total. The van der Waals surface area contributed by atoms with Crippen molar-refractivity contribution in [2.24, 2.45) is 5.73 Å². The Hall–Kier alpha value is -1.15. The summed E-state index contributed by atoms with van der Waals surface area (Å²) in [6.45, 7) is 7.78. The molecule has 0 aliphatic heterocycles. The molecule has 94 valence electrons. The van der Waals surface area contributed by atoms with E-state index in [9.17, 15) is 0 Å². The number of nitrogens with zero attached hydrogens (tertiary/aromatic N) is 1. The Balaban J connectivity index is 2.41. The first-order chi connectivity index (χ1) is 8.15. The normalized spacial score (nSPS) is 12.4. The molecule has 0 bridgehead atoms. The Morgan fingerprint density at radius 1 is 1.29 bits per heavy atom. The fraction of sp³-hybridized carbons (Fsp3) is 0.533. The molecule has 0 aliphatic rings. The van der Waals surface area contributed by atoms with Crippen molar-refractivity contribution in [1.29, 1.82) is 0 Å². The highest BCUT2D eigenvalue weighted by atomic mass is 14.7. The van der Waals surface area contributed by atoms with E-state index in [-0.39, 0.29) is 6.04 Å². The van der Waals surface area contributed by atoms with Gasteiger partial charge in [0.1, 0.15) is 0 Å². The van der Waals surface area contributed by atoms with Gasteiger partial charge in [0.15, 0.2) is 0 Å². The highest BCUT2D eigenvalue weighted by Crippen LogP contribution is 2.20. The van der Waals surface area contributed by atoms with Gasteiger partial charge in [0.05, 0.1) is 0 Å². The fourth-order valence-electron chi connectivity index (χ4n) is 2.07. The van der Waals surface area contributed by atoms with Gasteiger partial charge in [0.25, 0.3) is 0 Å². The van der Waals surface area contributed by atoms with E-state index in [1.165, 1.54) is 24.8 Å². The Kier molecular flexibility index (Phi) is 5.92. The third-order valence-corrected chi connectivity index (χ3v) is 3.09. The minimum atomic E-state index is 0.131. The molecule has 2 nitrogen and oxygen atoms in total. The number of allylic oxidation sites excluding steroid dienone is 1. The molecule has 0 amide bonds. The van der Waals surface area contributed by atoms with Crippen LogP contribution in [0.5, 0.6) is 0 Å². The quantitative estimate of drug-likeness (QED) is 0.573. The van der Waals surface area contributed by atoms with Crippen LogP contribution >= 0.6 is 0 Å². The van der Waals surface area contributed by atoms with E-state index in [4.69, 9.17) is 5.73 Å². The van der Waals surface area contributed by atoms with Crippen LogP contribution in [0.4, 0.5) is 0 Å². The van der Waals surface area contributed by atoms with Crippen LogP contribution in [-0.4, -0.2) is 4.98 Å².